The number of Topliss-reactive ketones (excluding diaryl/α,β-unsaturated/α-hetero) is 1. The number of hydrogen-bond acceptors (Lipinski definition) is 1. The summed E-state index contributed by atoms with van der Waals surface area (Å²) in [6, 6.07) is 14.5. The molecule has 1 nitrogen and oxygen atoms in total. The minimum Gasteiger partial charge on any atom is -0.294 e. The molecule has 0 spiro atoms. The topological polar surface area (TPSA) is 17.1 Å². The number of rotatable bonds is 5. The first kappa shape index (κ1) is 15.3. The zero-order valence-corrected chi connectivity index (χ0v) is 11.4. The average Bonchev–Trinajstić information content (AvgIpc) is 2.47. The van der Waals surface area contributed by atoms with Crippen molar-refractivity contribution < 1.29 is 18.0 Å². The highest BCUT2D eigenvalue weighted by Crippen LogP contribution is 2.32. The van der Waals surface area contributed by atoms with E-state index >= 15 is 0 Å². The summed E-state index contributed by atoms with van der Waals surface area (Å²) in [5, 5.41) is 0. The van der Waals surface area contributed by atoms with Gasteiger partial charge in [-0.3, -0.25) is 4.79 Å². The number of benzene rings is 2. The summed E-state index contributed by atoms with van der Waals surface area (Å²) in [5.74, 6) is -0.459. The van der Waals surface area contributed by atoms with E-state index < -0.39 is 17.5 Å². The fourth-order valence-corrected chi connectivity index (χ4v) is 2.21. The molecule has 0 atom stereocenters. The van der Waals surface area contributed by atoms with Gasteiger partial charge in [0, 0.05) is 12.0 Å². The van der Waals surface area contributed by atoms with Gasteiger partial charge in [0.15, 0.2) is 5.78 Å². The lowest BCUT2D eigenvalue weighted by Gasteiger charge is -2.11. The van der Waals surface area contributed by atoms with E-state index in [9.17, 15) is 18.0 Å². The smallest absolute Gasteiger partial charge is 0.294 e. The van der Waals surface area contributed by atoms with Crippen molar-refractivity contribution in [3.05, 3.63) is 71.3 Å². The van der Waals surface area contributed by atoms with Crippen molar-refractivity contribution in [2.75, 3.05) is 0 Å². The van der Waals surface area contributed by atoms with Crippen molar-refractivity contribution in [3.63, 3.8) is 0 Å². The molecule has 0 aliphatic rings. The quantitative estimate of drug-likeness (QED) is 0.715. The molecule has 0 N–H and O–H groups in total. The van der Waals surface area contributed by atoms with Gasteiger partial charge in [0.1, 0.15) is 0 Å². The van der Waals surface area contributed by atoms with Gasteiger partial charge < -0.3 is 0 Å². The Morgan fingerprint density at radius 2 is 1.52 bits per heavy atom. The third kappa shape index (κ3) is 4.18. The summed E-state index contributed by atoms with van der Waals surface area (Å²) in [4.78, 5) is 12.0. The van der Waals surface area contributed by atoms with E-state index in [0.717, 1.165) is 11.6 Å². The highest BCUT2D eigenvalue weighted by atomic mass is 19.4. The summed E-state index contributed by atoms with van der Waals surface area (Å²) < 4.78 is 38.5. The Labute approximate surface area is 121 Å². The average molecular weight is 292 g/mol. The van der Waals surface area contributed by atoms with E-state index in [2.05, 4.69) is 0 Å². The van der Waals surface area contributed by atoms with Crippen LogP contribution >= 0.6 is 0 Å². The largest absolute Gasteiger partial charge is 0.417 e. The zero-order chi connectivity index (χ0) is 15.3. The molecule has 21 heavy (non-hydrogen) atoms. The fourth-order valence-electron chi connectivity index (χ4n) is 2.21. The van der Waals surface area contributed by atoms with Gasteiger partial charge in [-0.05, 0) is 24.5 Å². The molecule has 0 saturated carbocycles. The summed E-state index contributed by atoms with van der Waals surface area (Å²) in [5.41, 5.74) is -0.0119. The molecular weight excluding hydrogens is 277 g/mol. The number of halogens is 3. The van der Waals surface area contributed by atoms with Crippen LogP contribution in [0.25, 0.3) is 0 Å². The van der Waals surface area contributed by atoms with E-state index in [1.165, 1.54) is 18.2 Å². The van der Waals surface area contributed by atoms with E-state index in [4.69, 9.17) is 0 Å². The van der Waals surface area contributed by atoms with Gasteiger partial charge in [0.2, 0.25) is 0 Å². The molecule has 4 heteroatoms. The van der Waals surface area contributed by atoms with Crippen LogP contribution in [0.15, 0.2) is 54.6 Å². The summed E-state index contributed by atoms with van der Waals surface area (Å²) in [6.07, 6.45) is -3.16. The van der Waals surface area contributed by atoms with Gasteiger partial charge in [0.25, 0.3) is 0 Å². The van der Waals surface area contributed by atoms with Gasteiger partial charge in [-0.25, -0.2) is 0 Å². The lowest BCUT2D eigenvalue weighted by Crippen LogP contribution is -2.13. The normalized spacial score (nSPS) is 11.4. The molecule has 0 aliphatic heterocycles. The third-order valence-electron chi connectivity index (χ3n) is 3.24. The molecule has 0 fully saturated rings. The van der Waals surface area contributed by atoms with Gasteiger partial charge >= 0.3 is 6.18 Å². The van der Waals surface area contributed by atoms with Crippen LogP contribution in [-0.2, 0) is 12.6 Å². The number of aryl methyl sites for hydroxylation is 1. The van der Waals surface area contributed by atoms with Crippen molar-refractivity contribution in [3.8, 4) is 0 Å². The number of alkyl halides is 3. The second kappa shape index (κ2) is 6.57. The van der Waals surface area contributed by atoms with Crippen LogP contribution in [0.2, 0.25) is 0 Å². The minimum atomic E-state index is -4.49. The van der Waals surface area contributed by atoms with Crippen LogP contribution in [0.5, 0.6) is 0 Å². The van der Waals surface area contributed by atoms with Crippen molar-refractivity contribution in [2.45, 2.75) is 25.4 Å². The summed E-state index contributed by atoms with van der Waals surface area (Å²) in [6.45, 7) is 0. The maximum atomic E-state index is 12.8. The SMILES string of the molecule is O=C(CCCc1ccccc1)c1ccccc1C(F)(F)F. The Bertz CT molecular complexity index is 603. The van der Waals surface area contributed by atoms with Crippen molar-refractivity contribution in [1.29, 1.82) is 0 Å². The predicted molar refractivity (Wildman–Crippen MR) is 75.2 cm³/mol. The first-order chi connectivity index (χ1) is 9.98. The second-order valence-corrected chi connectivity index (χ2v) is 4.81. The third-order valence-corrected chi connectivity index (χ3v) is 3.24. The van der Waals surface area contributed by atoms with Crippen LogP contribution in [-0.4, -0.2) is 5.78 Å². The van der Waals surface area contributed by atoms with Gasteiger partial charge in [-0.2, -0.15) is 13.2 Å². The molecule has 0 radical (unpaired) electrons. The number of carbonyl (C=O) groups is 1. The van der Waals surface area contributed by atoms with E-state index in [-0.39, 0.29) is 12.0 Å². The molecule has 0 aliphatic carbocycles. The Kier molecular flexibility index (Phi) is 4.78. The van der Waals surface area contributed by atoms with Crippen LogP contribution in [0.1, 0.15) is 34.3 Å². The Morgan fingerprint density at radius 3 is 2.19 bits per heavy atom. The monoisotopic (exact) mass is 292 g/mol. The first-order valence-corrected chi connectivity index (χ1v) is 6.72. The Balaban J connectivity index is 2.01. The molecule has 0 saturated heterocycles. The highest BCUT2D eigenvalue weighted by molar-refractivity contribution is 5.97. The molecule has 2 aromatic rings. The summed E-state index contributed by atoms with van der Waals surface area (Å²) >= 11 is 0. The zero-order valence-electron chi connectivity index (χ0n) is 11.4. The summed E-state index contributed by atoms with van der Waals surface area (Å²) in [7, 11) is 0. The molecule has 110 valence electrons. The number of carbonyl (C=O) groups excluding carboxylic acids is 1. The molecule has 0 unspecified atom stereocenters. The first-order valence-electron chi connectivity index (χ1n) is 6.72. The Hall–Kier alpha value is -2.10. The van der Waals surface area contributed by atoms with E-state index in [1.54, 1.807) is 0 Å². The van der Waals surface area contributed by atoms with Crippen molar-refractivity contribution in [2.24, 2.45) is 0 Å². The van der Waals surface area contributed by atoms with Crippen LogP contribution in [0.3, 0.4) is 0 Å². The van der Waals surface area contributed by atoms with E-state index in [1.807, 2.05) is 30.3 Å². The molecule has 2 rings (SSSR count). The fraction of sp³-hybridized carbons (Fsp3) is 0.235. The van der Waals surface area contributed by atoms with E-state index in [0.29, 0.717) is 12.8 Å². The van der Waals surface area contributed by atoms with Crippen molar-refractivity contribution >= 4 is 5.78 Å². The van der Waals surface area contributed by atoms with Crippen LogP contribution in [0, 0.1) is 0 Å². The lowest BCUT2D eigenvalue weighted by molar-refractivity contribution is -0.137. The van der Waals surface area contributed by atoms with Gasteiger partial charge in [0.05, 0.1) is 5.56 Å². The second-order valence-electron chi connectivity index (χ2n) is 4.81. The van der Waals surface area contributed by atoms with Gasteiger partial charge in [-0.1, -0.05) is 48.5 Å². The number of ketones is 1. The number of hydrogen-bond donors (Lipinski definition) is 0. The van der Waals surface area contributed by atoms with Crippen LogP contribution < -0.4 is 0 Å². The molecule has 0 amide bonds. The molecule has 0 aromatic heterocycles. The molecule has 0 heterocycles. The molecular formula is C17H15F3O. The van der Waals surface area contributed by atoms with Crippen LogP contribution in [0.4, 0.5) is 13.2 Å². The molecule has 2 aromatic carbocycles. The van der Waals surface area contributed by atoms with Crippen molar-refractivity contribution in [1.82, 2.24) is 0 Å². The lowest BCUT2D eigenvalue weighted by atomic mass is 9.98. The predicted octanol–water partition coefficient (Wildman–Crippen LogP) is 4.91. The standard InChI is InChI=1S/C17H15F3O/c18-17(19,20)15-11-5-4-10-14(15)16(21)12-6-9-13-7-2-1-3-8-13/h1-5,7-8,10-11H,6,9,12H2. The highest BCUT2D eigenvalue weighted by Gasteiger charge is 2.34. The maximum absolute atomic E-state index is 12.8. The molecule has 0 bridgehead atoms. The Morgan fingerprint density at radius 1 is 0.905 bits per heavy atom. The maximum Gasteiger partial charge on any atom is 0.417 e. The van der Waals surface area contributed by atoms with Gasteiger partial charge in [-0.15, -0.1) is 0 Å². The minimum absolute atomic E-state index is 0.113.